The van der Waals surface area contributed by atoms with E-state index in [-0.39, 0.29) is 18.4 Å². The highest BCUT2D eigenvalue weighted by atomic mass is 35.5. The smallest absolute Gasteiger partial charge is 0.253 e. The number of halogens is 1. The Kier molecular flexibility index (Phi) is 6.23. The van der Waals surface area contributed by atoms with Crippen molar-refractivity contribution in [1.29, 1.82) is 0 Å². The molecule has 1 aliphatic rings. The lowest BCUT2D eigenvalue weighted by Gasteiger charge is -2.20. The maximum absolute atomic E-state index is 12.7. The van der Waals surface area contributed by atoms with Gasteiger partial charge < -0.3 is 15.5 Å². The van der Waals surface area contributed by atoms with Gasteiger partial charge in [-0.2, -0.15) is 0 Å². The summed E-state index contributed by atoms with van der Waals surface area (Å²) in [6, 6.07) is 8.77. The van der Waals surface area contributed by atoms with E-state index in [9.17, 15) is 14.4 Å². The zero-order chi connectivity index (χ0) is 21.1. The molecule has 1 aliphatic heterocycles. The Morgan fingerprint density at radius 1 is 1.10 bits per heavy atom. The number of hydrogen-bond acceptors (Lipinski definition) is 3. The van der Waals surface area contributed by atoms with Crippen molar-refractivity contribution in [3.8, 4) is 0 Å². The molecule has 0 spiro atoms. The SMILES string of the molecule is Cc1cc(C)c(NC(=O)CNC(=O)c2ccc(Cl)cc2N2CCCC2=O)c(C)c1. The molecule has 0 aromatic heterocycles. The average Bonchev–Trinajstić information content (AvgIpc) is 3.08. The first-order valence-electron chi connectivity index (χ1n) is 9.52. The summed E-state index contributed by atoms with van der Waals surface area (Å²) >= 11 is 6.07. The molecular formula is C22H24ClN3O3. The molecule has 0 aliphatic carbocycles. The predicted octanol–water partition coefficient (Wildman–Crippen LogP) is 3.76. The second kappa shape index (κ2) is 8.66. The number of benzene rings is 2. The Labute approximate surface area is 175 Å². The summed E-state index contributed by atoms with van der Waals surface area (Å²) in [5.74, 6) is -0.783. The summed E-state index contributed by atoms with van der Waals surface area (Å²) in [5, 5.41) is 5.94. The van der Waals surface area contributed by atoms with E-state index in [1.54, 1.807) is 23.1 Å². The Morgan fingerprint density at radius 3 is 2.41 bits per heavy atom. The molecule has 0 atom stereocenters. The summed E-state index contributed by atoms with van der Waals surface area (Å²) in [5.41, 5.74) is 4.61. The first-order valence-corrected chi connectivity index (χ1v) is 9.90. The average molecular weight is 414 g/mol. The van der Waals surface area contributed by atoms with Gasteiger partial charge in [-0.05, 0) is 56.5 Å². The highest BCUT2D eigenvalue weighted by Crippen LogP contribution is 2.28. The zero-order valence-corrected chi connectivity index (χ0v) is 17.5. The number of aryl methyl sites for hydroxylation is 3. The van der Waals surface area contributed by atoms with Crippen molar-refractivity contribution in [3.63, 3.8) is 0 Å². The quantitative estimate of drug-likeness (QED) is 0.783. The molecule has 2 aromatic carbocycles. The normalized spacial score (nSPS) is 13.5. The van der Waals surface area contributed by atoms with Crippen LogP contribution in [0.5, 0.6) is 0 Å². The van der Waals surface area contributed by atoms with Crippen LogP contribution in [0.15, 0.2) is 30.3 Å². The van der Waals surface area contributed by atoms with Gasteiger partial charge in [-0.15, -0.1) is 0 Å². The van der Waals surface area contributed by atoms with Crippen molar-refractivity contribution in [3.05, 3.63) is 57.6 Å². The van der Waals surface area contributed by atoms with Crippen LogP contribution in [0, 0.1) is 20.8 Å². The zero-order valence-electron chi connectivity index (χ0n) is 16.8. The number of nitrogens with one attached hydrogen (secondary N) is 2. The van der Waals surface area contributed by atoms with Gasteiger partial charge in [0.2, 0.25) is 11.8 Å². The molecule has 1 saturated heterocycles. The van der Waals surface area contributed by atoms with E-state index in [4.69, 9.17) is 11.6 Å². The fraction of sp³-hybridized carbons (Fsp3) is 0.318. The first kappa shape index (κ1) is 20.9. The third-order valence-corrected chi connectivity index (χ3v) is 5.15. The minimum absolute atomic E-state index is 0.0376. The topological polar surface area (TPSA) is 78.5 Å². The molecule has 29 heavy (non-hydrogen) atoms. The molecule has 0 unspecified atom stereocenters. The standard InChI is InChI=1S/C22H24ClN3O3/c1-13-9-14(2)21(15(3)10-13)25-19(27)12-24-22(29)17-7-6-16(23)11-18(17)26-8-4-5-20(26)28/h6-7,9-11H,4-5,8,12H2,1-3H3,(H,24,29)(H,25,27). The van der Waals surface area contributed by atoms with Crippen LogP contribution in [-0.4, -0.2) is 30.8 Å². The van der Waals surface area contributed by atoms with Crippen LogP contribution in [0.4, 0.5) is 11.4 Å². The second-order valence-electron chi connectivity index (χ2n) is 7.31. The highest BCUT2D eigenvalue weighted by molar-refractivity contribution is 6.31. The minimum atomic E-state index is -0.427. The molecule has 3 rings (SSSR count). The van der Waals surface area contributed by atoms with Gasteiger partial charge in [0.05, 0.1) is 17.8 Å². The predicted molar refractivity (Wildman–Crippen MR) is 115 cm³/mol. The van der Waals surface area contributed by atoms with Crippen molar-refractivity contribution >= 4 is 40.7 Å². The van der Waals surface area contributed by atoms with Gasteiger partial charge in [0.1, 0.15) is 0 Å². The molecule has 0 saturated carbocycles. The van der Waals surface area contributed by atoms with Crippen molar-refractivity contribution in [2.24, 2.45) is 0 Å². The van der Waals surface area contributed by atoms with Gasteiger partial charge in [0, 0.05) is 23.7 Å². The number of amides is 3. The van der Waals surface area contributed by atoms with Crippen LogP contribution < -0.4 is 15.5 Å². The molecule has 7 heteroatoms. The highest BCUT2D eigenvalue weighted by Gasteiger charge is 2.26. The summed E-state index contributed by atoms with van der Waals surface area (Å²) in [6.07, 6.45) is 1.19. The van der Waals surface area contributed by atoms with Gasteiger partial charge in [-0.25, -0.2) is 0 Å². The van der Waals surface area contributed by atoms with Crippen LogP contribution in [0.3, 0.4) is 0 Å². The van der Waals surface area contributed by atoms with E-state index in [2.05, 4.69) is 10.6 Å². The molecule has 6 nitrogen and oxygen atoms in total. The van der Waals surface area contributed by atoms with Gasteiger partial charge in [-0.3, -0.25) is 14.4 Å². The van der Waals surface area contributed by atoms with E-state index in [0.29, 0.717) is 29.2 Å². The lowest BCUT2D eigenvalue weighted by atomic mass is 10.1. The first-order chi connectivity index (χ1) is 13.8. The summed E-state index contributed by atoms with van der Waals surface area (Å²) in [7, 11) is 0. The molecule has 2 N–H and O–H groups in total. The third-order valence-electron chi connectivity index (χ3n) is 4.92. The van der Waals surface area contributed by atoms with E-state index in [0.717, 1.165) is 28.8 Å². The van der Waals surface area contributed by atoms with Gasteiger partial charge in [0.25, 0.3) is 5.91 Å². The fourth-order valence-corrected chi connectivity index (χ4v) is 3.81. The minimum Gasteiger partial charge on any atom is -0.343 e. The maximum Gasteiger partial charge on any atom is 0.253 e. The maximum atomic E-state index is 12.7. The number of nitrogens with zero attached hydrogens (tertiary/aromatic N) is 1. The van der Waals surface area contributed by atoms with E-state index in [1.165, 1.54) is 0 Å². The third kappa shape index (κ3) is 4.77. The fourth-order valence-electron chi connectivity index (χ4n) is 3.64. The van der Waals surface area contributed by atoms with Crippen molar-refractivity contribution in [2.75, 3.05) is 23.3 Å². The number of hydrogen-bond donors (Lipinski definition) is 2. The van der Waals surface area contributed by atoms with Crippen molar-refractivity contribution in [1.82, 2.24) is 5.32 Å². The molecular weight excluding hydrogens is 390 g/mol. The van der Waals surface area contributed by atoms with Crippen LogP contribution in [0.2, 0.25) is 5.02 Å². The molecule has 1 fully saturated rings. The summed E-state index contributed by atoms with van der Waals surface area (Å²) in [4.78, 5) is 38.8. The Morgan fingerprint density at radius 2 is 1.79 bits per heavy atom. The number of anilines is 2. The number of carbonyl (C=O) groups excluding carboxylic acids is 3. The summed E-state index contributed by atoms with van der Waals surface area (Å²) < 4.78 is 0. The van der Waals surface area contributed by atoms with Crippen molar-refractivity contribution in [2.45, 2.75) is 33.6 Å². The lowest BCUT2D eigenvalue weighted by Crippen LogP contribution is -2.34. The van der Waals surface area contributed by atoms with Gasteiger partial charge >= 0.3 is 0 Å². The Balaban J connectivity index is 1.70. The number of carbonyl (C=O) groups is 3. The van der Waals surface area contributed by atoms with Crippen LogP contribution in [-0.2, 0) is 9.59 Å². The Hall–Kier alpha value is -2.86. The molecule has 2 aromatic rings. The van der Waals surface area contributed by atoms with Crippen molar-refractivity contribution < 1.29 is 14.4 Å². The van der Waals surface area contributed by atoms with Gasteiger partial charge in [0.15, 0.2) is 0 Å². The van der Waals surface area contributed by atoms with Gasteiger partial charge in [-0.1, -0.05) is 29.3 Å². The van der Waals surface area contributed by atoms with Crippen LogP contribution in [0.1, 0.15) is 39.9 Å². The second-order valence-corrected chi connectivity index (χ2v) is 7.75. The monoisotopic (exact) mass is 413 g/mol. The largest absolute Gasteiger partial charge is 0.343 e. The number of rotatable bonds is 5. The Bertz CT molecular complexity index is 964. The molecule has 3 amide bonds. The lowest BCUT2D eigenvalue weighted by molar-refractivity contribution is -0.117. The molecule has 0 radical (unpaired) electrons. The molecule has 152 valence electrons. The van der Waals surface area contributed by atoms with E-state index < -0.39 is 5.91 Å². The summed E-state index contributed by atoms with van der Waals surface area (Å²) in [6.45, 7) is 6.23. The van der Waals surface area contributed by atoms with E-state index in [1.807, 2.05) is 32.9 Å². The molecule has 1 heterocycles. The van der Waals surface area contributed by atoms with Crippen LogP contribution >= 0.6 is 11.6 Å². The van der Waals surface area contributed by atoms with Crippen LogP contribution in [0.25, 0.3) is 0 Å². The van der Waals surface area contributed by atoms with E-state index >= 15 is 0 Å². The molecule has 0 bridgehead atoms.